The van der Waals surface area contributed by atoms with Crippen LogP contribution in [0, 0.1) is 0 Å². The van der Waals surface area contributed by atoms with Crippen LogP contribution in [-0.4, -0.2) is 34.4 Å². The van der Waals surface area contributed by atoms with Gasteiger partial charge in [-0.2, -0.15) is 0 Å². The Bertz CT molecular complexity index is 220. The molecule has 2 N–H and O–H groups in total. The molecule has 80 valence electrons. The molecule has 0 bridgehead atoms. The Balaban J connectivity index is 2.04. The lowest BCUT2D eigenvalue weighted by atomic mass is 10.2. The van der Waals surface area contributed by atoms with Crippen LogP contribution in [0.15, 0.2) is 12.5 Å². The molecule has 1 unspecified atom stereocenters. The molecule has 4 nitrogen and oxygen atoms in total. The molecule has 0 amide bonds. The fourth-order valence-electron chi connectivity index (χ4n) is 1.23. The second kappa shape index (κ2) is 6.56. The molecule has 14 heavy (non-hydrogen) atoms. The second-order valence-corrected chi connectivity index (χ2v) is 3.26. The number of hydrogen-bond acceptors (Lipinski definition) is 3. The summed E-state index contributed by atoms with van der Waals surface area (Å²) in [6.07, 6.45) is 6.26. The van der Waals surface area contributed by atoms with Gasteiger partial charge < -0.3 is 14.8 Å². The number of imidazole rings is 1. The summed E-state index contributed by atoms with van der Waals surface area (Å²) >= 11 is 0. The summed E-state index contributed by atoms with van der Waals surface area (Å²) in [5.74, 6) is 0. The van der Waals surface area contributed by atoms with Gasteiger partial charge in [-0.1, -0.05) is 6.92 Å². The Hall–Kier alpha value is -0.870. The Morgan fingerprint density at radius 2 is 2.50 bits per heavy atom. The van der Waals surface area contributed by atoms with Crippen LogP contribution in [0.3, 0.4) is 0 Å². The number of aryl methyl sites for hydroxylation is 1. The van der Waals surface area contributed by atoms with Crippen LogP contribution in [0.2, 0.25) is 0 Å². The molecule has 0 saturated heterocycles. The molecular weight excluding hydrogens is 180 g/mol. The van der Waals surface area contributed by atoms with Gasteiger partial charge in [0.2, 0.25) is 0 Å². The van der Waals surface area contributed by atoms with Gasteiger partial charge in [0.25, 0.3) is 0 Å². The number of rotatable bonds is 7. The first-order chi connectivity index (χ1) is 6.86. The van der Waals surface area contributed by atoms with Crippen molar-refractivity contribution in [1.82, 2.24) is 9.97 Å². The van der Waals surface area contributed by atoms with Gasteiger partial charge in [-0.15, -0.1) is 0 Å². The van der Waals surface area contributed by atoms with E-state index in [1.54, 1.807) is 6.33 Å². The molecule has 0 saturated carbocycles. The Labute approximate surface area is 84.3 Å². The molecule has 0 spiro atoms. The standard InChI is InChI=1S/C10H18N2O2/c1-2-10(7-13)14-5-3-4-9-6-11-8-12-9/h6,8,10,13H,2-5,7H2,1H3,(H,11,12). The molecule has 1 aromatic heterocycles. The minimum absolute atomic E-state index is 0.00299. The van der Waals surface area contributed by atoms with Gasteiger partial charge in [-0.05, 0) is 19.3 Å². The lowest BCUT2D eigenvalue weighted by molar-refractivity contribution is 0.0101. The van der Waals surface area contributed by atoms with Crippen LogP contribution < -0.4 is 0 Å². The number of aromatic nitrogens is 2. The van der Waals surface area contributed by atoms with Crippen molar-refractivity contribution in [3.63, 3.8) is 0 Å². The smallest absolute Gasteiger partial charge is 0.0921 e. The number of H-pyrrole nitrogens is 1. The zero-order valence-corrected chi connectivity index (χ0v) is 8.57. The zero-order chi connectivity index (χ0) is 10.2. The third-order valence-corrected chi connectivity index (χ3v) is 2.16. The summed E-state index contributed by atoms with van der Waals surface area (Å²) in [6.45, 7) is 2.81. The maximum absolute atomic E-state index is 8.87. The number of aliphatic hydroxyl groups is 1. The highest BCUT2D eigenvalue weighted by Gasteiger charge is 2.03. The Morgan fingerprint density at radius 1 is 1.64 bits per heavy atom. The zero-order valence-electron chi connectivity index (χ0n) is 8.57. The van der Waals surface area contributed by atoms with E-state index in [4.69, 9.17) is 9.84 Å². The maximum atomic E-state index is 8.87. The monoisotopic (exact) mass is 198 g/mol. The van der Waals surface area contributed by atoms with Crippen LogP contribution in [0.4, 0.5) is 0 Å². The second-order valence-electron chi connectivity index (χ2n) is 3.26. The van der Waals surface area contributed by atoms with Gasteiger partial charge in [-0.25, -0.2) is 4.98 Å². The van der Waals surface area contributed by atoms with Crippen LogP contribution in [0.25, 0.3) is 0 Å². The van der Waals surface area contributed by atoms with Crippen LogP contribution in [0.5, 0.6) is 0 Å². The molecular formula is C10H18N2O2. The van der Waals surface area contributed by atoms with Crippen molar-refractivity contribution in [2.24, 2.45) is 0 Å². The summed E-state index contributed by atoms with van der Waals surface area (Å²) in [4.78, 5) is 6.97. The van der Waals surface area contributed by atoms with Gasteiger partial charge in [0.15, 0.2) is 0 Å². The van der Waals surface area contributed by atoms with Crippen LogP contribution >= 0.6 is 0 Å². The van der Waals surface area contributed by atoms with E-state index in [0.29, 0.717) is 6.61 Å². The van der Waals surface area contributed by atoms with Crippen molar-refractivity contribution < 1.29 is 9.84 Å². The number of aliphatic hydroxyl groups excluding tert-OH is 1. The summed E-state index contributed by atoms with van der Waals surface area (Å²) in [5, 5.41) is 8.87. The average molecular weight is 198 g/mol. The van der Waals surface area contributed by atoms with Crippen molar-refractivity contribution in [3.05, 3.63) is 18.2 Å². The molecule has 1 atom stereocenters. The summed E-state index contributed by atoms with van der Waals surface area (Å²) < 4.78 is 5.45. The van der Waals surface area contributed by atoms with E-state index in [2.05, 4.69) is 9.97 Å². The average Bonchev–Trinajstić information content (AvgIpc) is 2.71. The van der Waals surface area contributed by atoms with Crippen molar-refractivity contribution in [2.75, 3.05) is 13.2 Å². The Morgan fingerprint density at radius 3 is 3.07 bits per heavy atom. The lowest BCUT2D eigenvalue weighted by Crippen LogP contribution is -2.17. The molecule has 0 radical (unpaired) electrons. The summed E-state index contributed by atoms with van der Waals surface area (Å²) in [7, 11) is 0. The number of nitrogens with one attached hydrogen (secondary N) is 1. The highest BCUT2D eigenvalue weighted by molar-refractivity contribution is 4.93. The molecule has 0 fully saturated rings. The quantitative estimate of drug-likeness (QED) is 0.646. The molecule has 1 aromatic rings. The number of aromatic amines is 1. The normalized spacial score (nSPS) is 13.0. The van der Waals surface area contributed by atoms with Crippen molar-refractivity contribution in [3.8, 4) is 0 Å². The topological polar surface area (TPSA) is 58.1 Å². The predicted molar refractivity (Wildman–Crippen MR) is 54.0 cm³/mol. The molecule has 1 rings (SSSR count). The molecule has 0 aliphatic rings. The largest absolute Gasteiger partial charge is 0.394 e. The lowest BCUT2D eigenvalue weighted by Gasteiger charge is -2.12. The van der Waals surface area contributed by atoms with E-state index in [1.807, 2.05) is 13.1 Å². The molecule has 1 heterocycles. The minimum Gasteiger partial charge on any atom is -0.394 e. The summed E-state index contributed by atoms with van der Waals surface area (Å²) in [6, 6.07) is 0. The van der Waals surface area contributed by atoms with E-state index in [-0.39, 0.29) is 12.7 Å². The number of ether oxygens (including phenoxy) is 1. The van der Waals surface area contributed by atoms with Gasteiger partial charge in [0.05, 0.1) is 19.0 Å². The van der Waals surface area contributed by atoms with E-state index in [0.717, 1.165) is 25.0 Å². The predicted octanol–water partition coefficient (Wildman–Crippen LogP) is 1.13. The fraction of sp³-hybridized carbons (Fsp3) is 0.700. The molecule has 0 aromatic carbocycles. The van der Waals surface area contributed by atoms with Crippen molar-refractivity contribution in [2.45, 2.75) is 32.3 Å². The highest BCUT2D eigenvalue weighted by Crippen LogP contribution is 2.01. The van der Waals surface area contributed by atoms with Crippen molar-refractivity contribution >= 4 is 0 Å². The van der Waals surface area contributed by atoms with Crippen LogP contribution in [0.1, 0.15) is 25.5 Å². The van der Waals surface area contributed by atoms with Gasteiger partial charge in [0.1, 0.15) is 0 Å². The molecule has 4 heteroatoms. The first-order valence-corrected chi connectivity index (χ1v) is 5.06. The van der Waals surface area contributed by atoms with E-state index in [1.165, 1.54) is 0 Å². The minimum atomic E-state index is -0.00299. The van der Waals surface area contributed by atoms with Gasteiger partial charge in [-0.3, -0.25) is 0 Å². The van der Waals surface area contributed by atoms with Crippen LogP contribution in [-0.2, 0) is 11.2 Å². The van der Waals surface area contributed by atoms with Gasteiger partial charge >= 0.3 is 0 Å². The summed E-state index contributed by atoms with van der Waals surface area (Å²) in [5.41, 5.74) is 1.13. The first kappa shape index (κ1) is 11.2. The fourth-order valence-corrected chi connectivity index (χ4v) is 1.23. The van der Waals surface area contributed by atoms with E-state index in [9.17, 15) is 0 Å². The maximum Gasteiger partial charge on any atom is 0.0921 e. The van der Waals surface area contributed by atoms with E-state index >= 15 is 0 Å². The first-order valence-electron chi connectivity index (χ1n) is 5.06. The SMILES string of the molecule is CCC(CO)OCCCc1cnc[nH]1. The number of hydrogen-bond donors (Lipinski definition) is 2. The highest BCUT2D eigenvalue weighted by atomic mass is 16.5. The third kappa shape index (κ3) is 3.89. The van der Waals surface area contributed by atoms with Gasteiger partial charge in [0, 0.05) is 18.5 Å². The Kier molecular flexibility index (Phi) is 5.25. The van der Waals surface area contributed by atoms with E-state index < -0.39 is 0 Å². The van der Waals surface area contributed by atoms with Crippen molar-refractivity contribution in [1.29, 1.82) is 0 Å². The molecule has 0 aliphatic carbocycles. The number of nitrogens with zero attached hydrogens (tertiary/aromatic N) is 1. The third-order valence-electron chi connectivity index (χ3n) is 2.16. The molecule has 0 aliphatic heterocycles.